The van der Waals surface area contributed by atoms with Crippen molar-refractivity contribution in [2.45, 2.75) is 51.1 Å². The molecule has 26 heavy (non-hydrogen) atoms. The fraction of sp³-hybridized carbons (Fsp3) is 0.619. The second-order valence-corrected chi connectivity index (χ2v) is 7.91. The van der Waals surface area contributed by atoms with E-state index < -0.39 is 0 Å². The molecule has 2 aliphatic rings. The first kappa shape index (κ1) is 17.7. The van der Waals surface area contributed by atoms with Crippen molar-refractivity contribution in [1.82, 2.24) is 24.6 Å². The van der Waals surface area contributed by atoms with Crippen LogP contribution in [0.2, 0.25) is 0 Å². The molecule has 0 atom stereocenters. The smallest absolute Gasteiger partial charge is 0.146 e. The van der Waals surface area contributed by atoms with Crippen LogP contribution in [0.5, 0.6) is 0 Å². The zero-order valence-corrected chi connectivity index (χ0v) is 16.0. The van der Waals surface area contributed by atoms with E-state index in [9.17, 15) is 0 Å². The van der Waals surface area contributed by atoms with E-state index in [1.165, 1.54) is 56.6 Å². The summed E-state index contributed by atoms with van der Waals surface area (Å²) in [5.74, 6) is 2.87. The molecule has 0 aliphatic carbocycles. The summed E-state index contributed by atoms with van der Waals surface area (Å²) in [6.07, 6.45) is 6.39. The van der Waals surface area contributed by atoms with Gasteiger partial charge in [-0.25, -0.2) is 0 Å². The van der Waals surface area contributed by atoms with Gasteiger partial charge in [0.15, 0.2) is 0 Å². The van der Waals surface area contributed by atoms with Gasteiger partial charge in [0.1, 0.15) is 11.6 Å². The molecule has 0 unspecified atom stereocenters. The second-order valence-electron chi connectivity index (χ2n) is 7.91. The zero-order chi connectivity index (χ0) is 17.8. The molecule has 0 bridgehead atoms. The fourth-order valence-electron chi connectivity index (χ4n) is 4.38. The molecule has 0 saturated carbocycles. The van der Waals surface area contributed by atoms with Gasteiger partial charge in [-0.05, 0) is 57.4 Å². The van der Waals surface area contributed by atoms with E-state index in [0.29, 0.717) is 5.92 Å². The predicted octanol–water partition coefficient (Wildman–Crippen LogP) is 3.18. The van der Waals surface area contributed by atoms with Crippen LogP contribution in [0.3, 0.4) is 0 Å². The van der Waals surface area contributed by atoms with Gasteiger partial charge in [-0.15, -0.1) is 10.2 Å². The Kier molecular flexibility index (Phi) is 5.65. The lowest BCUT2D eigenvalue weighted by Gasteiger charge is -2.31. The lowest BCUT2D eigenvalue weighted by atomic mass is 9.95. The molecule has 0 spiro atoms. The molecule has 0 amide bonds. The Bertz CT molecular complexity index is 682. The lowest BCUT2D eigenvalue weighted by molar-refractivity contribution is 0.199. The van der Waals surface area contributed by atoms with E-state index in [-0.39, 0.29) is 0 Å². The van der Waals surface area contributed by atoms with Crippen molar-refractivity contribution in [3.8, 4) is 0 Å². The maximum absolute atomic E-state index is 4.58. The van der Waals surface area contributed by atoms with Crippen LogP contribution in [0.25, 0.3) is 0 Å². The summed E-state index contributed by atoms with van der Waals surface area (Å²) in [6.45, 7) is 6.73. The molecule has 0 radical (unpaired) electrons. The van der Waals surface area contributed by atoms with Gasteiger partial charge in [-0.2, -0.15) is 0 Å². The molecule has 5 nitrogen and oxygen atoms in total. The van der Waals surface area contributed by atoms with Gasteiger partial charge in [-0.3, -0.25) is 9.80 Å². The van der Waals surface area contributed by atoms with E-state index >= 15 is 0 Å². The van der Waals surface area contributed by atoms with Crippen molar-refractivity contribution in [2.24, 2.45) is 7.05 Å². The second kappa shape index (κ2) is 8.31. The molecule has 5 heteroatoms. The molecule has 4 rings (SSSR count). The largest absolute Gasteiger partial charge is 0.317 e. The van der Waals surface area contributed by atoms with E-state index in [4.69, 9.17) is 0 Å². The van der Waals surface area contributed by atoms with Gasteiger partial charge in [0.05, 0.1) is 6.54 Å². The third kappa shape index (κ3) is 4.15. The van der Waals surface area contributed by atoms with E-state index in [1.807, 2.05) is 0 Å². The highest BCUT2D eigenvalue weighted by Gasteiger charge is 2.25. The number of nitrogens with zero attached hydrogens (tertiary/aromatic N) is 5. The molecule has 3 heterocycles. The highest BCUT2D eigenvalue weighted by atomic mass is 15.3. The Balaban J connectivity index is 1.33. The summed E-state index contributed by atoms with van der Waals surface area (Å²) in [6, 6.07) is 10.8. The van der Waals surface area contributed by atoms with Crippen molar-refractivity contribution in [3.63, 3.8) is 0 Å². The molecule has 140 valence electrons. The summed E-state index contributed by atoms with van der Waals surface area (Å²) in [4.78, 5) is 5.09. The molecule has 2 fully saturated rings. The Morgan fingerprint density at radius 3 is 2.27 bits per heavy atom. The fourth-order valence-corrected chi connectivity index (χ4v) is 4.38. The Labute approximate surface area is 157 Å². The van der Waals surface area contributed by atoms with Crippen molar-refractivity contribution in [2.75, 3.05) is 26.2 Å². The van der Waals surface area contributed by atoms with Crippen LogP contribution >= 0.6 is 0 Å². The zero-order valence-electron chi connectivity index (χ0n) is 16.0. The molecule has 2 aliphatic heterocycles. The topological polar surface area (TPSA) is 37.2 Å². The Hall–Kier alpha value is -1.72. The molecular weight excluding hydrogens is 322 g/mol. The van der Waals surface area contributed by atoms with Crippen LogP contribution in [-0.2, 0) is 20.1 Å². The number of hydrogen-bond acceptors (Lipinski definition) is 4. The van der Waals surface area contributed by atoms with Crippen molar-refractivity contribution in [1.29, 1.82) is 0 Å². The van der Waals surface area contributed by atoms with Gasteiger partial charge in [-0.1, -0.05) is 36.8 Å². The van der Waals surface area contributed by atoms with Gasteiger partial charge < -0.3 is 4.57 Å². The number of aromatic nitrogens is 3. The number of rotatable bonds is 5. The first-order valence-corrected chi connectivity index (χ1v) is 10.2. The monoisotopic (exact) mass is 353 g/mol. The number of piperidine rings is 2. The van der Waals surface area contributed by atoms with E-state index in [0.717, 1.165) is 32.0 Å². The van der Waals surface area contributed by atoms with E-state index in [2.05, 4.69) is 61.9 Å². The number of likely N-dealkylation sites (tertiary alicyclic amines) is 2. The van der Waals surface area contributed by atoms with Crippen LogP contribution in [-0.4, -0.2) is 50.7 Å². The highest BCUT2D eigenvalue weighted by molar-refractivity contribution is 5.14. The average molecular weight is 354 g/mol. The van der Waals surface area contributed by atoms with Crippen molar-refractivity contribution < 1.29 is 0 Å². The molecular formula is C21H31N5. The van der Waals surface area contributed by atoms with Gasteiger partial charge in [0, 0.05) is 19.5 Å². The molecule has 0 N–H and O–H groups in total. The molecule has 1 aromatic heterocycles. The Morgan fingerprint density at radius 2 is 1.54 bits per heavy atom. The van der Waals surface area contributed by atoms with Crippen LogP contribution in [0, 0.1) is 0 Å². The van der Waals surface area contributed by atoms with Crippen LogP contribution in [0.4, 0.5) is 0 Å². The Morgan fingerprint density at radius 1 is 0.846 bits per heavy atom. The minimum Gasteiger partial charge on any atom is -0.317 e. The van der Waals surface area contributed by atoms with Crippen LogP contribution in [0.15, 0.2) is 30.3 Å². The highest BCUT2D eigenvalue weighted by Crippen LogP contribution is 2.28. The van der Waals surface area contributed by atoms with Crippen LogP contribution in [0.1, 0.15) is 55.2 Å². The van der Waals surface area contributed by atoms with Crippen LogP contribution < -0.4 is 0 Å². The van der Waals surface area contributed by atoms with Crippen molar-refractivity contribution in [3.05, 3.63) is 47.5 Å². The van der Waals surface area contributed by atoms with E-state index in [1.54, 1.807) is 0 Å². The summed E-state index contributed by atoms with van der Waals surface area (Å²) < 4.78 is 2.27. The first-order valence-electron chi connectivity index (χ1n) is 10.2. The lowest BCUT2D eigenvalue weighted by Crippen LogP contribution is -2.33. The molecule has 2 saturated heterocycles. The SMILES string of the molecule is Cn1c(CN2CCCCC2)nnc1C1CCN(Cc2ccccc2)CC1. The minimum absolute atomic E-state index is 0.551. The summed E-state index contributed by atoms with van der Waals surface area (Å²) in [5.41, 5.74) is 1.41. The number of benzene rings is 1. The number of hydrogen-bond donors (Lipinski definition) is 0. The normalized spacial score (nSPS) is 20.5. The quantitative estimate of drug-likeness (QED) is 0.827. The summed E-state index contributed by atoms with van der Waals surface area (Å²) in [5, 5.41) is 9.11. The third-order valence-corrected chi connectivity index (χ3v) is 6.01. The summed E-state index contributed by atoms with van der Waals surface area (Å²) >= 11 is 0. The molecule has 1 aromatic carbocycles. The first-order chi connectivity index (χ1) is 12.8. The van der Waals surface area contributed by atoms with Gasteiger partial charge in [0.25, 0.3) is 0 Å². The third-order valence-electron chi connectivity index (χ3n) is 6.01. The average Bonchev–Trinajstić information content (AvgIpc) is 3.05. The molecule has 2 aromatic rings. The maximum Gasteiger partial charge on any atom is 0.146 e. The van der Waals surface area contributed by atoms with Gasteiger partial charge in [0.2, 0.25) is 0 Å². The standard InChI is InChI=1S/C21H31N5/c1-24-20(17-25-12-6-3-7-13-25)22-23-21(24)19-10-14-26(15-11-19)16-18-8-4-2-5-9-18/h2,4-5,8-9,19H,3,6-7,10-17H2,1H3. The predicted molar refractivity (Wildman–Crippen MR) is 104 cm³/mol. The maximum atomic E-state index is 4.58. The van der Waals surface area contributed by atoms with Gasteiger partial charge >= 0.3 is 0 Å². The van der Waals surface area contributed by atoms with Crippen molar-refractivity contribution >= 4 is 0 Å². The summed E-state index contributed by atoms with van der Waals surface area (Å²) in [7, 11) is 2.16. The minimum atomic E-state index is 0.551.